The lowest BCUT2D eigenvalue weighted by Crippen LogP contribution is -2.13. The number of carbonyl (C=O) groups is 1. The van der Waals surface area contributed by atoms with Gasteiger partial charge in [-0.05, 0) is 29.8 Å². The predicted molar refractivity (Wildman–Crippen MR) is 123 cm³/mol. The largest absolute Gasteiger partial charge is 0.493 e. The number of anilines is 3. The average Bonchev–Trinajstić information content (AvgIpc) is 2.83. The van der Waals surface area contributed by atoms with E-state index in [0.717, 1.165) is 16.5 Å². The molecule has 4 rings (SSSR count). The van der Waals surface area contributed by atoms with E-state index in [1.807, 2.05) is 24.3 Å². The predicted octanol–water partition coefficient (Wildman–Crippen LogP) is 3.49. The van der Waals surface area contributed by atoms with E-state index in [-0.39, 0.29) is 5.91 Å². The molecule has 0 aliphatic carbocycles. The number of fused-ring (bicyclic) bond motifs is 1. The summed E-state index contributed by atoms with van der Waals surface area (Å²) < 4.78 is 10.7. The zero-order chi connectivity index (χ0) is 22.5. The fourth-order valence-electron chi connectivity index (χ4n) is 3.20. The number of nitrogens with two attached hydrogens (primary N) is 1. The first-order valence-electron chi connectivity index (χ1n) is 9.79. The second-order valence-electron chi connectivity index (χ2n) is 6.91. The molecule has 1 amide bonds. The van der Waals surface area contributed by atoms with Gasteiger partial charge in [0.05, 0.1) is 37.3 Å². The first-order valence-corrected chi connectivity index (χ1v) is 9.79. The van der Waals surface area contributed by atoms with E-state index in [4.69, 9.17) is 15.2 Å². The molecule has 0 aliphatic heterocycles. The fraction of sp³-hybridized carbons (Fsp3) is 0.130. The number of rotatable bonds is 7. The Morgan fingerprint density at radius 2 is 1.78 bits per heavy atom. The third-order valence-electron chi connectivity index (χ3n) is 4.92. The lowest BCUT2D eigenvalue weighted by Gasteiger charge is -2.12. The molecule has 0 unspecified atom stereocenters. The maximum absolute atomic E-state index is 12.5. The zero-order valence-electron chi connectivity index (χ0n) is 17.6. The highest BCUT2D eigenvalue weighted by Gasteiger charge is 2.11. The van der Waals surface area contributed by atoms with Gasteiger partial charge in [-0.2, -0.15) is 0 Å². The van der Waals surface area contributed by atoms with E-state index >= 15 is 0 Å². The summed E-state index contributed by atoms with van der Waals surface area (Å²) in [7, 11) is 3.17. The van der Waals surface area contributed by atoms with Crippen molar-refractivity contribution in [3.05, 3.63) is 72.3 Å². The zero-order valence-corrected chi connectivity index (χ0v) is 17.6. The van der Waals surface area contributed by atoms with E-state index in [1.165, 1.54) is 12.5 Å². The van der Waals surface area contributed by atoms with Crippen LogP contribution in [0.15, 0.2) is 61.2 Å². The molecule has 9 nitrogen and oxygen atoms in total. The fourth-order valence-corrected chi connectivity index (χ4v) is 3.20. The molecule has 0 radical (unpaired) electrons. The molecule has 162 valence electrons. The summed E-state index contributed by atoms with van der Waals surface area (Å²) in [5.74, 6) is 1.63. The van der Waals surface area contributed by atoms with Crippen LogP contribution in [0.1, 0.15) is 15.9 Å². The number of hydrogen-bond donors (Lipinski definition) is 3. The third-order valence-corrected chi connectivity index (χ3v) is 4.92. The van der Waals surface area contributed by atoms with Gasteiger partial charge < -0.3 is 25.8 Å². The molecule has 0 atom stereocenters. The van der Waals surface area contributed by atoms with E-state index in [9.17, 15) is 4.79 Å². The van der Waals surface area contributed by atoms with Crippen molar-refractivity contribution in [3.8, 4) is 11.5 Å². The number of pyridine rings is 1. The molecule has 2 heterocycles. The first-order chi connectivity index (χ1) is 15.6. The van der Waals surface area contributed by atoms with Crippen molar-refractivity contribution in [1.29, 1.82) is 0 Å². The van der Waals surface area contributed by atoms with E-state index in [2.05, 4.69) is 25.6 Å². The van der Waals surface area contributed by atoms with Crippen LogP contribution in [0.25, 0.3) is 10.9 Å². The number of benzene rings is 2. The second-order valence-corrected chi connectivity index (χ2v) is 6.91. The molecular weight excluding hydrogens is 408 g/mol. The van der Waals surface area contributed by atoms with Crippen molar-refractivity contribution < 1.29 is 14.3 Å². The van der Waals surface area contributed by atoms with Gasteiger partial charge in [-0.25, -0.2) is 9.97 Å². The molecule has 0 fully saturated rings. The minimum atomic E-state index is -0.245. The lowest BCUT2D eigenvalue weighted by atomic mass is 10.1. The average molecular weight is 430 g/mol. The Labute approximate surface area is 184 Å². The Balaban J connectivity index is 1.47. The van der Waals surface area contributed by atoms with Crippen LogP contribution in [0.3, 0.4) is 0 Å². The molecule has 32 heavy (non-hydrogen) atoms. The number of methoxy groups -OCH3 is 2. The van der Waals surface area contributed by atoms with Crippen molar-refractivity contribution in [2.75, 3.05) is 30.6 Å². The van der Waals surface area contributed by atoms with Crippen LogP contribution >= 0.6 is 0 Å². The van der Waals surface area contributed by atoms with Gasteiger partial charge in [-0.3, -0.25) is 9.78 Å². The van der Waals surface area contributed by atoms with Crippen molar-refractivity contribution in [2.24, 2.45) is 0 Å². The van der Waals surface area contributed by atoms with Crippen molar-refractivity contribution in [2.45, 2.75) is 6.54 Å². The summed E-state index contributed by atoms with van der Waals surface area (Å²) in [5, 5.41) is 6.92. The standard InChI is InChI=1S/C23H22N6O3/c1-31-20-9-16-19(10-21(20)32-2)27-13-28-22(16)26-11-14-3-5-15(6-4-14)23(30)29-18-7-8-25-12-17(18)24/h3-10,12-13H,11,24H2,1-2H3,(H,25,29,30)(H,26,27,28). The highest BCUT2D eigenvalue weighted by atomic mass is 16.5. The Morgan fingerprint density at radius 1 is 1.03 bits per heavy atom. The summed E-state index contributed by atoms with van der Waals surface area (Å²) in [6.07, 6.45) is 4.56. The van der Waals surface area contributed by atoms with Gasteiger partial charge in [0.2, 0.25) is 0 Å². The normalized spacial score (nSPS) is 10.6. The number of ether oxygens (including phenoxy) is 2. The summed E-state index contributed by atoms with van der Waals surface area (Å²) >= 11 is 0. The van der Waals surface area contributed by atoms with E-state index < -0.39 is 0 Å². The number of aromatic nitrogens is 3. The van der Waals surface area contributed by atoms with Gasteiger partial charge in [-0.1, -0.05) is 12.1 Å². The Morgan fingerprint density at radius 3 is 2.50 bits per heavy atom. The number of nitrogens with zero attached hydrogens (tertiary/aromatic N) is 3. The van der Waals surface area contributed by atoms with Crippen LogP contribution < -0.4 is 25.8 Å². The number of nitrogen functional groups attached to an aromatic ring is 1. The minimum absolute atomic E-state index is 0.245. The van der Waals surface area contributed by atoms with Crippen LogP contribution in [-0.2, 0) is 6.54 Å². The summed E-state index contributed by atoms with van der Waals surface area (Å²) in [6.45, 7) is 0.514. The maximum Gasteiger partial charge on any atom is 0.255 e. The number of amides is 1. The number of nitrogens with one attached hydrogen (secondary N) is 2. The Kier molecular flexibility index (Phi) is 5.98. The molecule has 2 aromatic carbocycles. The topological polar surface area (TPSA) is 124 Å². The maximum atomic E-state index is 12.5. The van der Waals surface area contributed by atoms with Crippen LogP contribution in [0.4, 0.5) is 17.2 Å². The van der Waals surface area contributed by atoms with Crippen LogP contribution in [-0.4, -0.2) is 35.1 Å². The molecule has 4 aromatic rings. The monoisotopic (exact) mass is 430 g/mol. The number of hydrogen-bond acceptors (Lipinski definition) is 8. The third kappa shape index (κ3) is 4.36. The molecule has 2 aromatic heterocycles. The van der Waals surface area contributed by atoms with Crippen molar-refractivity contribution in [3.63, 3.8) is 0 Å². The lowest BCUT2D eigenvalue weighted by molar-refractivity contribution is 0.102. The summed E-state index contributed by atoms with van der Waals surface area (Å²) in [6, 6.07) is 12.6. The SMILES string of the molecule is COc1cc2ncnc(NCc3ccc(C(=O)Nc4ccncc4N)cc3)c2cc1OC. The van der Waals surface area contributed by atoms with Gasteiger partial charge in [-0.15, -0.1) is 0 Å². The first kappa shape index (κ1) is 20.9. The van der Waals surface area contributed by atoms with Crippen molar-refractivity contribution in [1.82, 2.24) is 15.0 Å². The van der Waals surface area contributed by atoms with Gasteiger partial charge in [0.15, 0.2) is 11.5 Å². The van der Waals surface area contributed by atoms with Crippen LogP contribution in [0.2, 0.25) is 0 Å². The quantitative estimate of drug-likeness (QED) is 0.407. The van der Waals surface area contributed by atoms with Crippen LogP contribution in [0.5, 0.6) is 11.5 Å². The second kappa shape index (κ2) is 9.17. The Bertz CT molecular complexity index is 1260. The Hall–Kier alpha value is -4.40. The van der Waals surface area contributed by atoms with E-state index in [0.29, 0.717) is 40.8 Å². The highest BCUT2D eigenvalue weighted by Crippen LogP contribution is 2.33. The van der Waals surface area contributed by atoms with Gasteiger partial charge in [0, 0.05) is 29.8 Å². The van der Waals surface area contributed by atoms with Gasteiger partial charge in [0.1, 0.15) is 12.1 Å². The summed E-state index contributed by atoms with van der Waals surface area (Å²) in [4.78, 5) is 25.1. The van der Waals surface area contributed by atoms with E-state index in [1.54, 1.807) is 38.6 Å². The molecule has 9 heteroatoms. The van der Waals surface area contributed by atoms with Gasteiger partial charge >= 0.3 is 0 Å². The molecule has 0 saturated heterocycles. The molecule has 0 aliphatic rings. The molecule has 4 N–H and O–H groups in total. The van der Waals surface area contributed by atoms with Gasteiger partial charge in [0.25, 0.3) is 5.91 Å². The molecule has 0 spiro atoms. The minimum Gasteiger partial charge on any atom is -0.493 e. The molecule has 0 bridgehead atoms. The number of carbonyl (C=O) groups excluding carboxylic acids is 1. The summed E-state index contributed by atoms with van der Waals surface area (Å²) in [5.41, 5.74) is 9.01. The van der Waals surface area contributed by atoms with Crippen LogP contribution in [0, 0.1) is 0 Å². The van der Waals surface area contributed by atoms with Crippen molar-refractivity contribution >= 4 is 34.0 Å². The molecule has 0 saturated carbocycles. The highest BCUT2D eigenvalue weighted by molar-refractivity contribution is 6.05. The molecular formula is C23H22N6O3. The smallest absolute Gasteiger partial charge is 0.255 e.